The van der Waals surface area contributed by atoms with Crippen LogP contribution in [-0.2, 0) is 11.8 Å². The van der Waals surface area contributed by atoms with Gasteiger partial charge in [-0.1, -0.05) is 30.0 Å². The molecule has 2 fully saturated rings. The summed E-state index contributed by atoms with van der Waals surface area (Å²) < 4.78 is 5.54. The number of benzene rings is 2. The molecule has 230 valence electrons. The number of methoxy groups -OCH3 is 1. The minimum absolute atomic E-state index is 0.138. The summed E-state index contributed by atoms with van der Waals surface area (Å²) in [7, 11) is 1.42. The van der Waals surface area contributed by atoms with Crippen LogP contribution in [0.5, 0.6) is 11.5 Å². The van der Waals surface area contributed by atoms with Crippen LogP contribution >= 0.6 is 11.8 Å². The first-order chi connectivity index (χ1) is 22.2. The Balaban J connectivity index is 1.07. The number of carbonyl (C=O) groups excluding carboxylic acids is 4. The van der Waals surface area contributed by atoms with Crippen molar-refractivity contribution in [2.24, 2.45) is 5.92 Å². The Bertz CT molecular complexity index is 2240. The molecule has 11 nitrogen and oxygen atoms in total. The molecule has 2 aliphatic heterocycles. The topological polar surface area (TPSA) is 152 Å². The van der Waals surface area contributed by atoms with Gasteiger partial charge in [-0.3, -0.25) is 19.2 Å². The maximum atomic E-state index is 14.1. The molecule has 0 radical (unpaired) electrons. The number of hydrogen-bond donors (Lipinski definition) is 4. The lowest BCUT2D eigenvalue weighted by Gasteiger charge is -2.27. The number of carbonyl (C=O) groups is 4. The number of ether oxygens (including phenoxy) is 1. The minimum Gasteiger partial charge on any atom is -0.503 e. The van der Waals surface area contributed by atoms with Crippen LogP contribution in [-0.4, -0.2) is 74.1 Å². The van der Waals surface area contributed by atoms with Gasteiger partial charge in [0.2, 0.25) is 10.9 Å². The van der Waals surface area contributed by atoms with Crippen molar-refractivity contribution in [2.45, 2.75) is 18.3 Å². The minimum atomic E-state index is -0.508. The fraction of sp³-hybridized carbons (Fsp3) is 0.235. The Morgan fingerprint density at radius 3 is 2.59 bits per heavy atom. The number of fused-ring (bicyclic) bond motifs is 5. The first kappa shape index (κ1) is 27.1. The zero-order chi connectivity index (χ0) is 31.6. The molecule has 4 N–H and O–H groups in total. The lowest BCUT2D eigenvalue weighted by atomic mass is 9.85. The number of thioether (sulfide) groups is 1. The van der Waals surface area contributed by atoms with E-state index in [0.717, 1.165) is 40.2 Å². The highest BCUT2D eigenvalue weighted by atomic mass is 32.2. The van der Waals surface area contributed by atoms with Crippen LogP contribution in [0, 0.1) is 5.92 Å². The van der Waals surface area contributed by atoms with Gasteiger partial charge < -0.3 is 34.6 Å². The number of phenolic OH excluding ortho intramolecular Hbond substituents is 1. The zero-order valence-corrected chi connectivity index (χ0v) is 25.6. The van der Waals surface area contributed by atoms with Crippen molar-refractivity contribution in [3.63, 3.8) is 0 Å². The van der Waals surface area contributed by atoms with Crippen molar-refractivity contribution in [3.05, 3.63) is 88.1 Å². The number of para-hydroxylation sites is 1. The largest absolute Gasteiger partial charge is 0.503 e. The van der Waals surface area contributed by atoms with E-state index in [1.165, 1.54) is 12.0 Å². The van der Waals surface area contributed by atoms with Gasteiger partial charge in [-0.05, 0) is 60.4 Å². The molecule has 1 saturated heterocycles. The van der Waals surface area contributed by atoms with Crippen LogP contribution in [0.15, 0.2) is 54.2 Å². The third-order valence-corrected chi connectivity index (χ3v) is 10.7. The molecule has 1 spiro atoms. The molecular weight excluding hydrogens is 606 g/mol. The number of hydrogen-bond acceptors (Lipinski definition) is 7. The summed E-state index contributed by atoms with van der Waals surface area (Å²) in [4.78, 5) is 66.3. The molecule has 1 saturated carbocycles. The van der Waals surface area contributed by atoms with Crippen LogP contribution < -0.4 is 9.64 Å². The Morgan fingerprint density at radius 2 is 1.80 bits per heavy atom. The lowest BCUT2D eigenvalue weighted by molar-refractivity contribution is 0.0806. The number of aromatic amines is 3. The molecule has 46 heavy (non-hydrogen) atoms. The first-order valence-corrected chi connectivity index (χ1v) is 16.2. The quantitative estimate of drug-likeness (QED) is 0.220. The Morgan fingerprint density at radius 1 is 1.02 bits per heavy atom. The SMILES string of the molecule is COc1c(O)c2c(c3cc(C(=O)SC)[nH]c13)CCN2C(=O)c1cc2c([nH]1)C(=O)C=C1N(C(=O)c3cc4ccccc4[nH]3)C[C@@H]3C[C@@]123. The number of phenols is 1. The van der Waals surface area contributed by atoms with E-state index >= 15 is 0 Å². The summed E-state index contributed by atoms with van der Waals surface area (Å²) in [5.41, 5.74) is 4.76. The summed E-state index contributed by atoms with van der Waals surface area (Å²) in [6, 6.07) is 13.0. The summed E-state index contributed by atoms with van der Waals surface area (Å²) >= 11 is 1.07. The monoisotopic (exact) mass is 633 g/mol. The molecule has 5 heterocycles. The van der Waals surface area contributed by atoms with Gasteiger partial charge in [0, 0.05) is 46.6 Å². The molecule has 4 aliphatic rings. The molecule has 0 unspecified atom stereocenters. The van der Waals surface area contributed by atoms with Gasteiger partial charge in [-0.25, -0.2) is 0 Å². The number of aromatic nitrogens is 3. The van der Waals surface area contributed by atoms with Gasteiger partial charge in [-0.2, -0.15) is 0 Å². The van der Waals surface area contributed by atoms with E-state index in [4.69, 9.17) is 4.74 Å². The zero-order valence-electron chi connectivity index (χ0n) is 24.8. The predicted molar refractivity (Wildman–Crippen MR) is 172 cm³/mol. The highest BCUT2D eigenvalue weighted by molar-refractivity contribution is 8.13. The molecule has 2 aromatic carbocycles. The standard InChI is InChI=1S/C34H27N5O6S/c1-45-30-26-18(10-23(37-26)33(44)46-2)17-7-8-38(28(17)29(30)41)31(42)22-11-19-27(36-22)24(40)12-25-34(19)13-16(34)14-39(25)32(43)21-9-15-5-3-4-6-20(15)35-21/h3-6,9-12,16,35-37,41H,7-8,13-14H2,1-2H3/t16-,34-/m0/s1. The number of nitrogens with one attached hydrogen (secondary N) is 3. The molecule has 3 aromatic heterocycles. The number of rotatable bonds is 4. The van der Waals surface area contributed by atoms with Gasteiger partial charge in [0.15, 0.2) is 11.5 Å². The van der Waals surface area contributed by atoms with Crippen molar-refractivity contribution in [2.75, 3.05) is 31.4 Å². The summed E-state index contributed by atoms with van der Waals surface area (Å²) in [5, 5.41) is 12.8. The highest BCUT2D eigenvalue weighted by Crippen LogP contribution is 2.67. The third kappa shape index (κ3) is 3.39. The second-order valence-corrected chi connectivity index (χ2v) is 13.1. The average molecular weight is 634 g/mol. The Hall–Kier alpha value is -5.23. The number of anilines is 1. The smallest absolute Gasteiger partial charge is 0.274 e. The van der Waals surface area contributed by atoms with Crippen molar-refractivity contribution in [1.82, 2.24) is 19.9 Å². The number of aromatic hydroxyl groups is 1. The molecule has 2 aliphatic carbocycles. The van der Waals surface area contributed by atoms with Crippen LogP contribution in [0.25, 0.3) is 21.8 Å². The molecule has 2 amide bonds. The second-order valence-electron chi connectivity index (χ2n) is 12.3. The van der Waals surface area contributed by atoms with Gasteiger partial charge in [0.05, 0.1) is 29.7 Å². The van der Waals surface area contributed by atoms with Crippen LogP contribution in [0.1, 0.15) is 59.5 Å². The maximum Gasteiger partial charge on any atom is 0.274 e. The fourth-order valence-corrected chi connectivity index (χ4v) is 8.28. The van der Waals surface area contributed by atoms with Crippen LogP contribution in [0.4, 0.5) is 5.69 Å². The van der Waals surface area contributed by atoms with E-state index in [2.05, 4.69) is 15.0 Å². The molecule has 2 atom stereocenters. The van der Waals surface area contributed by atoms with E-state index in [1.807, 2.05) is 30.3 Å². The molecule has 5 aromatic rings. The van der Waals surface area contributed by atoms with Crippen LogP contribution in [0.3, 0.4) is 0 Å². The fourth-order valence-electron chi connectivity index (χ4n) is 7.95. The van der Waals surface area contributed by atoms with E-state index in [1.54, 1.807) is 29.4 Å². The van der Waals surface area contributed by atoms with E-state index < -0.39 is 11.3 Å². The average Bonchev–Trinajstić information content (AvgIpc) is 3.70. The summed E-state index contributed by atoms with van der Waals surface area (Å²) in [6.45, 7) is 0.782. The molecule has 12 heteroatoms. The molecule has 0 bridgehead atoms. The maximum absolute atomic E-state index is 14.1. The van der Waals surface area contributed by atoms with E-state index in [9.17, 15) is 24.3 Å². The van der Waals surface area contributed by atoms with Crippen molar-refractivity contribution in [3.8, 4) is 11.5 Å². The normalized spacial score (nSPS) is 20.9. The van der Waals surface area contributed by atoms with Crippen molar-refractivity contribution >= 4 is 62.0 Å². The van der Waals surface area contributed by atoms with Crippen LogP contribution in [0.2, 0.25) is 0 Å². The Kier molecular flexibility index (Phi) is 5.40. The Labute approximate surface area is 265 Å². The number of allylic oxidation sites excluding steroid dienone is 2. The third-order valence-electron chi connectivity index (χ3n) is 10.1. The number of piperidine rings is 1. The van der Waals surface area contributed by atoms with Crippen molar-refractivity contribution in [1.29, 1.82) is 0 Å². The summed E-state index contributed by atoms with van der Waals surface area (Å²) in [5.74, 6) is -0.781. The summed E-state index contributed by atoms with van der Waals surface area (Å²) in [6.07, 6.45) is 4.48. The molecule has 9 rings (SSSR count). The highest BCUT2D eigenvalue weighted by Gasteiger charge is 2.68. The number of H-pyrrole nitrogens is 3. The van der Waals surface area contributed by atoms with Crippen molar-refractivity contribution < 1.29 is 29.0 Å². The van der Waals surface area contributed by atoms with E-state index in [0.29, 0.717) is 58.9 Å². The van der Waals surface area contributed by atoms with E-state index in [-0.39, 0.29) is 39.9 Å². The number of ketones is 1. The second kappa shape index (κ2) is 9.16. The first-order valence-electron chi connectivity index (χ1n) is 15.0. The lowest BCUT2D eigenvalue weighted by Crippen LogP contribution is -2.33. The number of likely N-dealkylation sites (tertiary alicyclic amines) is 1. The van der Waals surface area contributed by atoms with Gasteiger partial charge in [0.1, 0.15) is 11.4 Å². The van der Waals surface area contributed by atoms with Gasteiger partial charge in [0.25, 0.3) is 11.8 Å². The number of nitrogens with zero attached hydrogens (tertiary/aromatic N) is 2. The van der Waals surface area contributed by atoms with Gasteiger partial charge in [-0.15, -0.1) is 0 Å². The van der Waals surface area contributed by atoms with Gasteiger partial charge >= 0.3 is 0 Å². The molecular formula is C34H27N5O6S. The predicted octanol–water partition coefficient (Wildman–Crippen LogP) is 4.89. The number of amides is 2.